The lowest BCUT2D eigenvalue weighted by Gasteiger charge is -2.02. The number of imidazole rings is 1. The Morgan fingerprint density at radius 2 is 1.85 bits per heavy atom. The number of aromatic amines is 1. The first-order chi connectivity index (χ1) is 9.81. The van der Waals surface area contributed by atoms with Gasteiger partial charge in [-0.2, -0.15) is 0 Å². The highest BCUT2D eigenvalue weighted by atomic mass is 15.0. The van der Waals surface area contributed by atoms with E-state index in [2.05, 4.69) is 19.9 Å². The van der Waals surface area contributed by atoms with Crippen molar-refractivity contribution >= 4 is 27.9 Å². The van der Waals surface area contributed by atoms with Crippen LogP contribution in [0.15, 0.2) is 48.7 Å². The lowest BCUT2D eigenvalue weighted by molar-refractivity contribution is 1.30. The first kappa shape index (κ1) is 10.9. The molecule has 0 fully saturated rings. The van der Waals surface area contributed by atoms with Crippen molar-refractivity contribution in [3.63, 3.8) is 0 Å². The third-order valence-electron chi connectivity index (χ3n) is 3.27. The van der Waals surface area contributed by atoms with Gasteiger partial charge in [-0.1, -0.05) is 18.2 Å². The molecule has 0 saturated carbocycles. The SMILES string of the molecule is Nc1ccc2[nH]c(-c3ccnc4ccccc34)nc2n1. The number of hydrogen-bond acceptors (Lipinski definition) is 4. The minimum Gasteiger partial charge on any atom is -0.384 e. The minimum absolute atomic E-state index is 0.468. The molecule has 0 atom stereocenters. The summed E-state index contributed by atoms with van der Waals surface area (Å²) in [5, 5.41) is 1.06. The van der Waals surface area contributed by atoms with Crippen molar-refractivity contribution in [1.29, 1.82) is 0 Å². The van der Waals surface area contributed by atoms with Gasteiger partial charge in [-0.15, -0.1) is 0 Å². The Kier molecular flexibility index (Phi) is 2.20. The van der Waals surface area contributed by atoms with Gasteiger partial charge < -0.3 is 10.7 Å². The number of benzene rings is 1. The first-order valence-electron chi connectivity index (χ1n) is 6.27. The van der Waals surface area contributed by atoms with Crippen molar-refractivity contribution in [3.8, 4) is 11.4 Å². The number of nitrogens with zero attached hydrogens (tertiary/aromatic N) is 3. The molecule has 0 amide bonds. The van der Waals surface area contributed by atoms with Crippen LogP contribution in [-0.2, 0) is 0 Å². The average Bonchev–Trinajstić information content (AvgIpc) is 2.89. The standard InChI is InChI=1S/C15H11N5/c16-13-6-5-12-15(19-13)20-14(18-12)10-7-8-17-11-4-2-1-3-9(10)11/h1-8H,(H3,16,18,19,20). The Hall–Kier alpha value is -2.95. The predicted molar refractivity (Wildman–Crippen MR) is 79.0 cm³/mol. The quantitative estimate of drug-likeness (QED) is 0.552. The molecule has 3 heterocycles. The fourth-order valence-electron chi connectivity index (χ4n) is 2.34. The topological polar surface area (TPSA) is 80.5 Å². The van der Waals surface area contributed by atoms with E-state index in [1.165, 1.54) is 0 Å². The number of rotatable bonds is 1. The molecule has 0 spiro atoms. The van der Waals surface area contributed by atoms with Crippen LogP contribution < -0.4 is 5.73 Å². The van der Waals surface area contributed by atoms with E-state index in [4.69, 9.17) is 5.73 Å². The number of para-hydroxylation sites is 1. The lowest BCUT2D eigenvalue weighted by Crippen LogP contribution is -1.88. The lowest BCUT2D eigenvalue weighted by atomic mass is 10.1. The van der Waals surface area contributed by atoms with E-state index in [-0.39, 0.29) is 0 Å². The number of nitrogen functional groups attached to an aromatic ring is 1. The average molecular weight is 261 g/mol. The summed E-state index contributed by atoms with van der Waals surface area (Å²) in [6.45, 7) is 0. The highest BCUT2D eigenvalue weighted by Crippen LogP contribution is 2.26. The fourth-order valence-corrected chi connectivity index (χ4v) is 2.34. The van der Waals surface area contributed by atoms with Crippen LogP contribution in [0.3, 0.4) is 0 Å². The Morgan fingerprint density at radius 3 is 2.80 bits per heavy atom. The van der Waals surface area contributed by atoms with Crippen LogP contribution in [0.2, 0.25) is 0 Å². The molecular weight excluding hydrogens is 250 g/mol. The largest absolute Gasteiger partial charge is 0.384 e. The smallest absolute Gasteiger partial charge is 0.180 e. The van der Waals surface area contributed by atoms with Crippen LogP contribution in [0.5, 0.6) is 0 Å². The maximum Gasteiger partial charge on any atom is 0.180 e. The maximum atomic E-state index is 5.69. The molecule has 0 bridgehead atoms. The van der Waals surface area contributed by atoms with Crippen LogP contribution in [0, 0.1) is 0 Å². The molecule has 4 rings (SSSR count). The Morgan fingerprint density at radius 1 is 0.950 bits per heavy atom. The van der Waals surface area contributed by atoms with Gasteiger partial charge in [-0.25, -0.2) is 9.97 Å². The van der Waals surface area contributed by atoms with Crippen LogP contribution in [0.1, 0.15) is 0 Å². The Labute approximate surface area is 114 Å². The zero-order valence-electron chi connectivity index (χ0n) is 10.5. The summed E-state index contributed by atoms with van der Waals surface area (Å²) < 4.78 is 0. The summed E-state index contributed by atoms with van der Waals surface area (Å²) in [4.78, 5) is 16.4. The van der Waals surface area contributed by atoms with E-state index >= 15 is 0 Å². The normalized spacial score (nSPS) is 11.2. The molecule has 96 valence electrons. The molecule has 5 nitrogen and oxygen atoms in total. The number of fused-ring (bicyclic) bond motifs is 2. The Balaban J connectivity index is 2.01. The molecule has 0 saturated heterocycles. The summed E-state index contributed by atoms with van der Waals surface area (Å²) in [6, 6.07) is 13.6. The van der Waals surface area contributed by atoms with Crippen molar-refractivity contribution in [1.82, 2.24) is 19.9 Å². The third-order valence-corrected chi connectivity index (χ3v) is 3.27. The van der Waals surface area contributed by atoms with Gasteiger partial charge in [0.1, 0.15) is 11.6 Å². The number of pyridine rings is 2. The van der Waals surface area contributed by atoms with Crippen molar-refractivity contribution in [2.24, 2.45) is 0 Å². The molecule has 1 aromatic carbocycles. The summed E-state index contributed by atoms with van der Waals surface area (Å²) in [7, 11) is 0. The minimum atomic E-state index is 0.468. The molecule has 3 aromatic heterocycles. The summed E-state index contributed by atoms with van der Waals surface area (Å²) >= 11 is 0. The van der Waals surface area contributed by atoms with Crippen molar-refractivity contribution in [2.75, 3.05) is 5.73 Å². The van der Waals surface area contributed by atoms with Crippen LogP contribution in [0.25, 0.3) is 33.5 Å². The number of hydrogen-bond donors (Lipinski definition) is 2. The number of nitrogens with one attached hydrogen (secondary N) is 1. The predicted octanol–water partition coefficient (Wildman–Crippen LogP) is 2.76. The fraction of sp³-hybridized carbons (Fsp3) is 0. The van der Waals surface area contributed by atoms with Crippen molar-refractivity contribution in [3.05, 3.63) is 48.7 Å². The second-order valence-electron chi connectivity index (χ2n) is 4.57. The zero-order chi connectivity index (χ0) is 13.5. The van der Waals surface area contributed by atoms with Gasteiger partial charge in [-0.3, -0.25) is 4.98 Å². The third kappa shape index (κ3) is 1.60. The Bertz CT molecular complexity index is 921. The van der Waals surface area contributed by atoms with Gasteiger partial charge in [0.15, 0.2) is 5.65 Å². The summed E-state index contributed by atoms with van der Waals surface area (Å²) in [5.74, 6) is 1.24. The zero-order valence-corrected chi connectivity index (χ0v) is 10.5. The van der Waals surface area contributed by atoms with Gasteiger partial charge in [-0.05, 0) is 24.3 Å². The number of aromatic nitrogens is 4. The maximum absolute atomic E-state index is 5.69. The van der Waals surface area contributed by atoms with E-state index in [1.54, 1.807) is 12.3 Å². The molecule has 4 aromatic rings. The van der Waals surface area contributed by atoms with Gasteiger partial charge in [0.25, 0.3) is 0 Å². The number of anilines is 1. The van der Waals surface area contributed by atoms with Crippen molar-refractivity contribution in [2.45, 2.75) is 0 Å². The van der Waals surface area contributed by atoms with E-state index in [9.17, 15) is 0 Å². The highest BCUT2D eigenvalue weighted by Gasteiger charge is 2.09. The van der Waals surface area contributed by atoms with E-state index in [0.717, 1.165) is 27.8 Å². The van der Waals surface area contributed by atoms with Gasteiger partial charge >= 0.3 is 0 Å². The van der Waals surface area contributed by atoms with E-state index < -0.39 is 0 Å². The molecule has 3 N–H and O–H groups in total. The van der Waals surface area contributed by atoms with Crippen molar-refractivity contribution < 1.29 is 0 Å². The molecule has 20 heavy (non-hydrogen) atoms. The number of nitrogens with two attached hydrogens (primary N) is 1. The molecule has 0 unspecified atom stereocenters. The highest BCUT2D eigenvalue weighted by molar-refractivity contribution is 5.93. The molecule has 5 heteroatoms. The van der Waals surface area contributed by atoms with Crippen LogP contribution in [0.4, 0.5) is 5.82 Å². The van der Waals surface area contributed by atoms with Gasteiger partial charge in [0, 0.05) is 17.1 Å². The van der Waals surface area contributed by atoms with Gasteiger partial charge in [0.05, 0.1) is 11.0 Å². The monoisotopic (exact) mass is 261 g/mol. The summed E-state index contributed by atoms with van der Waals surface area (Å²) in [6.07, 6.45) is 1.78. The van der Waals surface area contributed by atoms with Crippen LogP contribution in [-0.4, -0.2) is 19.9 Å². The second-order valence-corrected chi connectivity index (χ2v) is 4.57. The molecular formula is C15H11N5. The van der Waals surface area contributed by atoms with Gasteiger partial charge in [0.2, 0.25) is 0 Å². The molecule has 0 radical (unpaired) electrons. The van der Waals surface area contributed by atoms with E-state index in [0.29, 0.717) is 11.5 Å². The molecule has 0 aliphatic rings. The van der Waals surface area contributed by atoms with E-state index in [1.807, 2.05) is 36.4 Å². The second kappa shape index (κ2) is 4.03. The molecule has 0 aliphatic carbocycles. The number of H-pyrrole nitrogens is 1. The van der Waals surface area contributed by atoms with Crippen LogP contribution >= 0.6 is 0 Å². The summed E-state index contributed by atoms with van der Waals surface area (Å²) in [5.41, 5.74) is 9.13. The first-order valence-corrected chi connectivity index (χ1v) is 6.27. The molecule has 0 aliphatic heterocycles.